The van der Waals surface area contributed by atoms with Crippen molar-refractivity contribution in [3.63, 3.8) is 0 Å². The fourth-order valence-corrected chi connectivity index (χ4v) is 12.9. The number of carbonyl (C=O) groups excluding carboxylic acids is 3. The molecule has 0 aromatic heterocycles. The molecule has 0 amide bonds. The van der Waals surface area contributed by atoms with Gasteiger partial charge in [-0.2, -0.15) is 0 Å². The third-order valence-electron chi connectivity index (χ3n) is 19.0. The van der Waals surface area contributed by atoms with Gasteiger partial charge in [0.05, 0.1) is 26.4 Å². The van der Waals surface area contributed by atoms with E-state index < -0.39 is 0 Å². The van der Waals surface area contributed by atoms with Crippen molar-refractivity contribution in [3.8, 4) is 0 Å². The van der Waals surface area contributed by atoms with Gasteiger partial charge in [-0.3, -0.25) is 0 Å². The first-order chi connectivity index (χ1) is 39.9. The fourth-order valence-electron chi connectivity index (χ4n) is 12.9. The predicted molar refractivity (Wildman–Crippen MR) is 358 cm³/mol. The molecule has 0 bridgehead atoms. The summed E-state index contributed by atoms with van der Waals surface area (Å²) in [4.78, 5) is 35.0. The van der Waals surface area contributed by atoms with Gasteiger partial charge in [-0.15, -0.1) is 0 Å². The SMILES string of the molecule is CCOC(=O)/C=C(C)/C=C/[C@@H]1[C@@H](COC)[C@]1(C)c1cc(C(C)C)cc(C(C)C)c1.CCOC(=O)/C=C(C)/C=C/[C@@H]1[C@H](CC)[C@]1(C)c1cc(C(C)C)cc(C(C)C)c1.CCOC(=O)/C=C(C)/C=C/[C@H]1[C@@H](CC)[C@@]1(C)c1cc(C(C)C)cc(C(C)C)c1. The zero-order chi connectivity index (χ0) is 63.9. The number of carbonyl (C=O) groups is 3. The van der Waals surface area contributed by atoms with Gasteiger partial charge in [-0.25, -0.2) is 14.4 Å². The van der Waals surface area contributed by atoms with E-state index in [1.165, 1.54) is 50.1 Å². The van der Waals surface area contributed by atoms with E-state index in [0.29, 0.717) is 90.8 Å². The number of benzene rings is 3. The topological polar surface area (TPSA) is 88.1 Å². The molecule has 7 nitrogen and oxygen atoms in total. The van der Waals surface area contributed by atoms with Crippen molar-refractivity contribution in [3.05, 3.63) is 176 Å². The second-order valence-corrected chi connectivity index (χ2v) is 27.1. The van der Waals surface area contributed by atoms with Crippen molar-refractivity contribution in [2.75, 3.05) is 33.5 Å². The first kappa shape index (κ1) is 71.9. The number of rotatable bonds is 25. The summed E-state index contributed by atoms with van der Waals surface area (Å²) in [7, 11) is 1.77. The van der Waals surface area contributed by atoms with E-state index in [4.69, 9.17) is 18.9 Å². The molecule has 3 aromatic carbocycles. The van der Waals surface area contributed by atoms with E-state index >= 15 is 0 Å². The van der Waals surface area contributed by atoms with E-state index in [-0.39, 0.29) is 34.2 Å². The van der Waals surface area contributed by atoms with Crippen LogP contribution >= 0.6 is 0 Å². The highest BCUT2D eigenvalue weighted by atomic mass is 16.5. The molecule has 3 saturated carbocycles. The van der Waals surface area contributed by atoms with Crippen LogP contribution in [0, 0.1) is 35.5 Å². The smallest absolute Gasteiger partial charge is 0.330 e. The second-order valence-electron chi connectivity index (χ2n) is 27.1. The van der Waals surface area contributed by atoms with Gasteiger partial charge < -0.3 is 18.9 Å². The van der Waals surface area contributed by atoms with E-state index in [1.807, 2.05) is 47.6 Å². The monoisotopic (exact) mass is 1160 g/mol. The Kier molecular flexibility index (Phi) is 27.0. The highest BCUT2D eigenvalue weighted by Gasteiger charge is 2.61. The molecule has 85 heavy (non-hydrogen) atoms. The van der Waals surface area contributed by atoms with Gasteiger partial charge in [-0.1, -0.05) is 222 Å². The Bertz CT molecular complexity index is 2690. The van der Waals surface area contributed by atoms with Gasteiger partial charge >= 0.3 is 17.9 Å². The molecule has 3 fully saturated rings. The van der Waals surface area contributed by atoms with Crippen molar-refractivity contribution in [1.29, 1.82) is 0 Å². The van der Waals surface area contributed by atoms with E-state index in [2.05, 4.69) is 203 Å². The van der Waals surface area contributed by atoms with Crippen molar-refractivity contribution in [1.82, 2.24) is 0 Å². The number of allylic oxidation sites excluding steroid dienone is 9. The third-order valence-corrected chi connectivity index (χ3v) is 19.0. The second kappa shape index (κ2) is 31.9. The summed E-state index contributed by atoms with van der Waals surface area (Å²) < 4.78 is 20.6. The van der Waals surface area contributed by atoms with E-state index in [1.54, 1.807) is 25.3 Å². The molecule has 0 N–H and O–H groups in total. The molecule has 7 heteroatoms. The molecule has 6 rings (SSSR count). The lowest BCUT2D eigenvalue weighted by atomic mass is 9.85. The molecular formula is C78H114O7. The van der Waals surface area contributed by atoms with Crippen LogP contribution in [0.1, 0.15) is 258 Å². The maximum atomic E-state index is 11.7. The molecule has 3 aromatic rings. The summed E-state index contributed by atoms with van der Waals surface area (Å²) in [5, 5.41) is 0. The molecule has 3 aliphatic rings. The lowest BCUT2D eigenvalue weighted by molar-refractivity contribution is -0.138. The first-order valence-corrected chi connectivity index (χ1v) is 32.5. The number of hydrogen-bond acceptors (Lipinski definition) is 7. The maximum absolute atomic E-state index is 11.7. The van der Waals surface area contributed by atoms with Crippen LogP contribution in [0.3, 0.4) is 0 Å². The van der Waals surface area contributed by atoms with E-state index in [9.17, 15) is 14.4 Å². The Morgan fingerprint density at radius 2 is 0.624 bits per heavy atom. The van der Waals surface area contributed by atoms with Crippen molar-refractivity contribution in [2.24, 2.45) is 35.5 Å². The number of ether oxygens (including phenoxy) is 4. The molecule has 3 aliphatic carbocycles. The number of methoxy groups -OCH3 is 1. The highest BCUT2D eigenvalue weighted by Crippen LogP contribution is 2.64. The van der Waals surface area contributed by atoms with Crippen LogP contribution in [-0.4, -0.2) is 51.4 Å². The first-order valence-electron chi connectivity index (χ1n) is 32.5. The fraction of sp³-hybridized carbons (Fsp3) is 0.577. The highest BCUT2D eigenvalue weighted by molar-refractivity contribution is 5.84. The van der Waals surface area contributed by atoms with Crippen LogP contribution in [0.2, 0.25) is 0 Å². The average molecular weight is 1160 g/mol. The van der Waals surface area contributed by atoms with Crippen LogP contribution in [0.25, 0.3) is 0 Å². The van der Waals surface area contributed by atoms with Crippen LogP contribution in [-0.2, 0) is 49.6 Å². The zero-order valence-corrected chi connectivity index (χ0v) is 57.4. The van der Waals surface area contributed by atoms with Crippen LogP contribution in [0.5, 0.6) is 0 Å². The number of esters is 3. The Hall–Kier alpha value is -5.53. The lowest BCUT2D eigenvalue weighted by Gasteiger charge is -2.19. The summed E-state index contributed by atoms with van der Waals surface area (Å²) >= 11 is 0. The van der Waals surface area contributed by atoms with Crippen molar-refractivity contribution < 1.29 is 33.3 Å². The molecule has 468 valence electrons. The average Bonchev–Trinajstić information content (AvgIpc) is 1.79. The molecule has 0 aliphatic heterocycles. The van der Waals surface area contributed by atoms with Gasteiger partial charge in [0, 0.05) is 41.6 Å². The Balaban J connectivity index is 0.000000273. The Morgan fingerprint density at radius 3 is 0.824 bits per heavy atom. The van der Waals surface area contributed by atoms with Gasteiger partial charge in [0.1, 0.15) is 0 Å². The zero-order valence-electron chi connectivity index (χ0n) is 57.4. The Morgan fingerprint density at radius 1 is 0.400 bits per heavy atom. The molecule has 9 atom stereocenters. The standard InChI is InChI=1S/C26H38O3.2C26H38O2/c1-9-29-25(27)12-19(6)10-11-23-24(16-28-8)26(23,7)22-14-20(17(2)3)13-21(15-22)18(4)5;2*1-9-23-24(12-11-19(7)13-25(27)28-10-2)26(23,8)22-15-20(17(3)4)14-21(16-22)18(5)6/h10-15,17-18,23-24H,9,16H2,1-8H3;2*11-18,23-24H,9-10H2,1-8H3/b11-10+,19-12+;2*12-11+,19-13+/t23-,24-,26-;2*23-,24+,26-/m110/s1. The largest absolute Gasteiger partial charge is 0.463 e. The summed E-state index contributed by atoms with van der Waals surface area (Å²) in [6, 6.07) is 21.6. The molecule has 0 radical (unpaired) electrons. The van der Waals surface area contributed by atoms with Crippen LogP contribution < -0.4 is 0 Å². The van der Waals surface area contributed by atoms with Gasteiger partial charge in [-0.05, 0) is 179 Å². The van der Waals surface area contributed by atoms with E-state index in [0.717, 1.165) is 36.2 Å². The molecule has 0 unspecified atom stereocenters. The normalized spacial score (nSPS) is 24.8. The quantitative estimate of drug-likeness (QED) is 0.0361. The van der Waals surface area contributed by atoms with Crippen molar-refractivity contribution >= 4 is 17.9 Å². The van der Waals surface area contributed by atoms with Crippen molar-refractivity contribution in [2.45, 2.75) is 224 Å². The van der Waals surface area contributed by atoms with Crippen LogP contribution in [0.4, 0.5) is 0 Å². The lowest BCUT2D eigenvalue weighted by Crippen LogP contribution is -2.10. The summed E-state index contributed by atoms with van der Waals surface area (Å²) in [6.07, 6.45) is 20.1. The summed E-state index contributed by atoms with van der Waals surface area (Å²) in [6.45, 7) is 52.2. The maximum Gasteiger partial charge on any atom is 0.330 e. The minimum absolute atomic E-state index is 0.0469. The number of hydrogen-bond donors (Lipinski definition) is 0. The minimum atomic E-state index is -0.284. The predicted octanol–water partition coefficient (Wildman–Crippen LogP) is 20.0. The summed E-state index contributed by atoms with van der Waals surface area (Å²) in [5.74, 6) is 5.42. The van der Waals surface area contributed by atoms with Gasteiger partial charge in [0.15, 0.2) is 0 Å². The molecular weight excluding hydrogens is 1050 g/mol. The molecule has 0 spiro atoms. The van der Waals surface area contributed by atoms with Crippen LogP contribution in [0.15, 0.2) is 126 Å². The van der Waals surface area contributed by atoms with Gasteiger partial charge in [0.25, 0.3) is 0 Å². The minimum Gasteiger partial charge on any atom is -0.463 e. The molecule has 0 saturated heterocycles. The molecule has 0 heterocycles. The summed E-state index contributed by atoms with van der Waals surface area (Å²) in [5.41, 5.74) is 16.1. The Labute approximate surface area is 517 Å². The third kappa shape index (κ3) is 18.5. The van der Waals surface area contributed by atoms with Gasteiger partial charge in [0.2, 0.25) is 0 Å².